The van der Waals surface area contributed by atoms with Crippen molar-refractivity contribution in [2.45, 2.75) is 24.2 Å². The average Bonchev–Trinajstić information content (AvgIpc) is 3.38. The van der Waals surface area contributed by atoms with Crippen LogP contribution in [0.1, 0.15) is 19.3 Å². The first-order chi connectivity index (χ1) is 14.3. The number of anilines is 3. The van der Waals surface area contributed by atoms with Crippen LogP contribution in [0.25, 0.3) is 0 Å². The molecule has 1 atom stereocenters. The molecule has 0 aromatic heterocycles. The van der Waals surface area contributed by atoms with Gasteiger partial charge in [0, 0.05) is 43.1 Å². The molecule has 4 rings (SSSR count). The van der Waals surface area contributed by atoms with E-state index >= 15 is 0 Å². The maximum Gasteiger partial charge on any atom is 0.238 e. The summed E-state index contributed by atoms with van der Waals surface area (Å²) in [7, 11) is -3.78. The maximum atomic E-state index is 12.6. The van der Waals surface area contributed by atoms with Gasteiger partial charge in [0.25, 0.3) is 0 Å². The molecule has 2 aromatic carbocycles. The van der Waals surface area contributed by atoms with Gasteiger partial charge in [-0.3, -0.25) is 9.59 Å². The molecule has 158 valence electrons. The molecule has 0 bridgehead atoms. The lowest BCUT2D eigenvalue weighted by Gasteiger charge is -2.20. The van der Waals surface area contributed by atoms with Gasteiger partial charge >= 0.3 is 0 Å². The molecule has 0 spiro atoms. The second-order valence-electron chi connectivity index (χ2n) is 7.67. The molecule has 9 heteroatoms. The van der Waals surface area contributed by atoms with Gasteiger partial charge in [0.15, 0.2) is 0 Å². The molecule has 8 nitrogen and oxygen atoms in total. The van der Waals surface area contributed by atoms with Crippen molar-refractivity contribution in [2.24, 2.45) is 11.1 Å². The van der Waals surface area contributed by atoms with E-state index in [2.05, 4.69) is 10.2 Å². The summed E-state index contributed by atoms with van der Waals surface area (Å²) < 4.78 is 22.6. The highest BCUT2D eigenvalue weighted by Gasteiger charge is 2.35. The van der Waals surface area contributed by atoms with Crippen LogP contribution in [-0.4, -0.2) is 39.9 Å². The molecular weight excluding hydrogens is 404 g/mol. The van der Waals surface area contributed by atoms with Gasteiger partial charge in [0.1, 0.15) is 0 Å². The summed E-state index contributed by atoms with van der Waals surface area (Å²) in [6.45, 7) is 2.42. The number of carbonyl (C=O) groups excluding carboxylic acids is 2. The van der Waals surface area contributed by atoms with Gasteiger partial charge in [-0.05, 0) is 61.4 Å². The fourth-order valence-corrected chi connectivity index (χ4v) is 4.44. The lowest BCUT2D eigenvalue weighted by Crippen LogP contribution is -2.28. The summed E-state index contributed by atoms with van der Waals surface area (Å²) in [5, 5.41) is 7.82. The zero-order chi connectivity index (χ0) is 21.3. The Morgan fingerprint density at radius 3 is 2.17 bits per heavy atom. The lowest BCUT2D eigenvalue weighted by molar-refractivity contribution is -0.122. The van der Waals surface area contributed by atoms with E-state index in [0.29, 0.717) is 12.2 Å². The van der Waals surface area contributed by atoms with Crippen LogP contribution in [0.15, 0.2) is 53.4 Å². The van der Waals surface area contributed by atoms with Gasteiger partial charge in [-0.25, -0.2) is 13.6 Å². The highest BCUT2D eigenvalue weighted by Crippen LogP contribution is 2.29. The Labute approximate surface area is 175 Å². The number of nitrogens with two attached hydrogens (primary N) is 1. The molecule has 3 N–H and O–H groups in total. The van der Waals surface area contributed by atoms with E-state index in [4.69, 9.17) is 5.14 Å². The Kier molecular flexibility index (Phi) is 5.48. The third-order valence-corrected chi connectivity index (χ3v) is 6.51. The van der Waals surface area contributed by atoms with Crippen LogP contribution in [0.3, 0.4) is 0 Å². The van der Waals surface area contributed by atoms with Gasteiger partial charge in [0.2, 0.25) is 21.8 Å². The Bertz CT molecular complexity index is 1050. The maximum absolute atomic E-state index is 12.6. The van der Waals surface area contributed by atoms with E-state index in [1.54, 1.807) is 4.90 Å². The van der Waals surface area contributed by atoms with E-state index in [1.807, 2.05) is 24.3 Å². The summed E-state index contributed by atoms with van der Waals surface area (Å²) in [5.74, 6) is -0.842. The fraction of sp³-hybridized carbons (Fsp3) is 0.333. The number of nitrogens with one attached hydrogen (secondary N) is 1. The van der Waals surface area contributed by atoms with E-state index in [9.17, 15) is 18.0 Å². The summed E-state index contributed by atoms with van der Waals surface area (Å²) in [6.07, 6.45) is 2.54. The van der Waals surface area contributed by atoms with Gasteiger partial charge in [0.05, 0.1) is 10.8 Å². The quantitative estimate of drug-likeness (QED) is 0.756. The summed E-state index contributed by atoms with van der Waals surface area (Å²) >= 11 is 0. The minimum Gasteiger partial charge on any atom is -0.372 e. The average molecular weight is 429 g/mol. The van der Waals surface area contributed by atoms with E-state index in [0.717, 1.165) is 24.5 Å². The SMILES string of the molecule is NS(=O)(=O)c1ccc(NC(=O)C2CC(=O)N(c3ccc(N4CCCC4)cc3)C2)cc1. The molecular formula is C21H24N4O4S. The molecule has 2 aliphatic heterocycles. The Morgan fingerprint density at radius 1 is 0.967 bits per heavy atom. The largest absolute Gasteiger partial charge is 0.372 e. The van der Waals surface area contributed by atoms with Crippen LogP contribution < -0.4 is 20.3 Å². The molecule has 0 radical (unpaired) electrons. The molecule has 0 aliphatic carbocycles. The van der Waals surface area contributed by atoms with Crippen molar-refractivity contribution in [1.29, 1.82) is 0 Å². The molecule has 2 heterocycles. The van der Waals surface area contributed by atoms with Crippen molar-refractivity contribution < 1.29 is 18.0 Å². The summed E-state index contributed by atoms with van der Waals surface area (Å²) in [5.41, 5.74) is 2.39. The van der Waals surface area contributed by atoms with Gasteiger partial charge in [-0.1, -0.05) is 0 Å². The zero-order valence-corrected chi connectivity index (χ0v) is 17.3. The first-order valence-electron chi connectivity index (χ1n) is 9.90. The number of sulfonamides is 1. The van der Waals surface area contributed by atoms with Gasteiger partial charge in [-0.15, -0.1) is 0 Å². The van der Waals surface area contributed by atoms with Gasteiger partial charge < -0.3 is 15.1 Å². The van der Waals surface area contributed by atoms with Crippen molar-refractivity contribution in [3.05, 3.63) is 48.5 Å². The monoisotopic (exact) mass is 428 g/mol. The van der Waals surface area contributed by atoms with Crippen LogP contribution in [0.5, 0.6) is 0 Å². The molecule has 2 amide bonds. The summed E-state index contributed by atoms with van der Waals surface area (Å²) in [6, 6.07) is 13.5. The highest BCUT2D eigenvalue weighted by molar-refractivity contribution is 7.89. The first-order valence-corrected chi connectivity index (χ1v) is 11.4. The number of amides is 2. The van der Waals surface area contributed by atoms with Crippen molar-refractivity contribution in [1.82, 2.24) is 0 Å². The number of rotatable bonds is 5. The Balaban J connectivity index is 1.39. The van der Waals surface area contributed by atoms with Crippen LogP contribution in [-0.2, 0) is 19.6 Å². The zero-order valence-electron chi connectivity index (χ0n) is 16.5. The molecule has 2 fully saturated rings. The first kappa shape index (κ1) is 20.4. The topological polar surface area (TPSA) is 113 Å². The van der Waals surface area contributed by atoms with Gasteiger partial charge in [-0.2, -0.15) is 0 Å². The molecule has 2 aliphatic rings. The second kappa shape index (κ2) is 8.08. The molecule has 1 unspecified atom stereocenters. The number of hydrogen-bond acceptors (Lipinski definition) is 5. The number of hydrogen-bond donors (Lipinski definition) is 2. The standard InChI is InChI=1S/C21H24N4O4S/c22-30(28,29)19-9-3-16(4-10-19)23-21(27)15-13-20(26)25(14-15)18-7-5-17(6-8-18)24-11-1-2-12-24/h3-10,15H,1-2,11-14H2,(H,23,27)(H2,22,28,29). The van der Waals surface area contributed by atoms with E-state index in [-0.39, 0.29) is 23.1 Å². The Morgan fingerprint density at radius 2 is 1.57 bits per heavy atom. The third-order valence-electron chi connectivity index (χ3n) is 5.58. The van der Waals surface area contributed by atoms with Crippen molar-refractivity contribution >= 4 is 38.9 Å². The Hall–Kier alpha value is -2.91. The second-order valence-corrected chi connectivity index (χ2v) is 9.24. The smallest absolute Gasteiger partial charge is 0.238 e. The number of carbonyl (C=O) groups is 2. The van der Waals surface area contributed by atoms with Crippen LogP contribution in [0.2, 0.25) is 0 Å². The number of benzene rings is 2. The third kappa shape index (κ3) is 4.31. The van der Waals surface area contributed by atoms with Crippen molar-refractivity contribution in [2.75, 3.05) is 34.8 Å². The number of nitrogens with zero attached hydrogens (tertiary/aromatic N) is 2. The van der Waals surface area contributed by atoms with Crippen LogP contribution in [0.4, 0.5) is 17.1 Å². The minimum atomic E-state index is -3.78. The van der Waals surface area contributed by atoms with E-state index in [1.165, 1.54) is 37.1 Å². The molecule has 2 saturated heterocycles. The minimum absolute atomic E-state index is 0.0277. The lowest BCUT2D eigenvalue weighted by atomic mass is 10.1. The normalized spacial score (nSPS) is 19.4. The van der Waals surface area contributed by atoms with Crippen molar-refractivity contribution in [3.8, 4) is 0 Å². The number of primary sulfonamides is 1. The van der Waals surface area contributed by atoms with E-state index < -0.39 is 15.9 Å². The van der Waals surface area contributed by atoms with Crippen molar-refractivity contribution in [3.63, 3.8) is 0 Å². The molecule has 0 saturated carbocycles. The molecule has 30 heavy (non-hydrogen) atoms. The van der Waals surface area contributed by atoms with Crippen LogP contribution in [0, 0.1) is 5.92 Å². The predicted molar refractivity (Wildman–Crippen MR) is 115 cm³/mol. The fourth-order valence-electron chi connectivity index (χ4n) is 3.92. The molecule has 2 aromatic rings. The highest BCUT2D eigenvalue weighted by atomic mass is 32.2. The summed E-state index contributed by atoms with van der Waals surface area (Å²) in [4.78, 5) is 29.0. The van der Waals surface area contributed by atoms with Crippen LogP contribution >= 0.6 is 0 Å². The predicted octanol–water partition coefficient (Wildman–Crippen LogP) is 1.93.